The molecule has 0 radical (unpaired) electrons. The van der Waals surface area contributed by atoms with Crippen LogP contribution in [0.1, 0.15) is 65.8 Å². The lowest BCUT2D eigenvalue weighted by Crippen LogP contribution is -2.51. The third-order valence-corrected chi connectivity index (χ3v) is 7.79. The molecule has 0 bridgehead atoms. The molecule has 0 saturated carbocycles. The fourth-order valence-corrected chi connectivity index (χ4v) is 5.39. The largest absolute Gasteiger partial charge is 0.490 e. The molecule has 2 atom stereocenters. The van der Waals surface area contributed by atoms with Gasteiger partial charge in [0, 0.05) is 41.6 Å². The zero-order valence-electron chi connectivity index (χ0n) is 25.7. The summed E-state index contributed by atoms with van der Waals surface area (Å²) >= 11 is 0. The molecule has 46 heavy (non-hydrogen) atoms. The number of aliphatic imine (C=N–C) groups is 1. The smallest absolute Gasteiger partial charge is 0.251 e. The van der Waals surface area contributed by atoms with E-state index in [0.29, 0.717) is 53.2 Å². The Morgan fingerprint density at radius 2 is 1.61 bits per heavy atom. The summed E-state index contributed by atoms with van der Waals surface area (Å²) in [6.45, 7) is 5.75. The number of ketones is 1. The van der Waals surface area contributed by atoms with Gasteiger partial charge in [0.25, 0.3) is 11.8 Å². The maximum absolute atomic E-state index is 13.7. The highest BCUT2D eigenvalue weighted by atomic mass is 35.5. The van der Waals surface area contributed by atoms with Crippen LogP contribution in [-0.4, -0.2) is 80.5 Å². The van der Waals surface area contributed by atoms with Crippen molar-refractivity contribution < 1.29 is 29.0 Å². The predicted octanol–water partition coefficient (Wildman–Crippen LogP) is 2.84. The van der Waals surface area contributed by atoms with E-state index in [9.17, 15) is 14.4 Å². The van der Waals surface area contributed by atoms with Crippen LogP contribution < -0.4 is 20.7 Å². The number of nitrogens with one attached hydrogen (secondary N) is 3. The maximum Gasteiger partial charge on any atom is 0.251 e. The first-order chi connectivity index (χ1) is 21.9. The Balaban J connectivity index is 0.00000480. The van der Waals surface area contributed by atoms with Crippen molar-refractivity contribution in [1.29, 1.82) is 0 Å². The van der Waals surface area contributed by atoms with Gasteiger partial charge in [0.15, 0.2) is 5.78 Å². The van der Waals surface area contributed by atoms with Crippen LogP contribution in [0.4, 0.5) is 0 Å². The van der Waals surface area contributed by atoms with Gasteiger partial charge in [0.2, 0.25) is 0 Å². The van der Waals surface area contributed by atoms with Crippen molar-refractivity contribution in [2.75, 3.05) is 39.5 Å². The summed E-state index contributed by atoms with van der Waals surface area (Å²) in [5, 5.41) is 18.2. The highest BCUT2D eigenvalue weighted by molar-refractivity contribution is 6.12. The predicted molar refractivity (Wildman–Crippen MR) is 177 cm³/mol. The molecule has 0 spiro atoms. The van der Waals surface area contributed by atoms with Gasteiger partial charge in [-0.05, 0) is 66.9 Å². The Bertz CT molecular complexity index is 1680. The number of fused-ring (bicyclic) bond motifs is 1. The molecule has 2 amide bonds. The van der Waals surface area contributed by atoms with E-state index in [1.54, 1.807) is 49.5 Å². The molecule has 10 nitrogen and oxygen atoms in total. The minimum atomic E-state index is -0.313. The van der Waals surface area contributed by atoms with Crippen molar-refractivity contribution in [1.82, 2.24) is 16.0 Å². The normalized spacial score (nSPS) is 16.1. The first kappa shape index (κ1) is 34.3. The zero-order chi connectivity index (χ0) is 31.8. The highest BCUT2D eigenvalue weighted by Gasteiger charge is 2.30. The SMILES string of the molecule is CC#Cc1ccc(OCCOCCO)c(C(=O)c2ccc(C(=O)N[C@@H]3CNC[C@H]3NC(=O)c3ccc4c(c3)CN=C4)cc2)c1C.Cl. The molecule has 0 unspecified atom stereocenters. The van der Waals surface area contributed by atoms with Crippen LogP contribution in [0.3, 0.4) is 0 Å². The second-order valence-corrected chi connectivity index (χ2v) is 10.8. The van der Waals surface area contributed by atoms with Crippen molar-refractivity contribution in [2.24, 2.45) is 4.99 Å². The van der Waals surface area contributed by atoms with E-state index < -0.39 is 0 Å². The van der Waals surface area contributed by atoms with Crippen LogP contribution in [0.5, 0.6) is 5.75 Å². The molecular weight excluding hydrogens is 608 g/mol. The molecule has 240 valence electrons. The number of benzene rings is 3. The third kappa shape index (κ3) is 8.00. The number of nitrogens with zero attached hydrogens (tertiary/aromatic N) is 1. The van der Waals surface area contributed by atoms with E-state index in [2.05, 4.69) is 32.8 Å². The average Bonchev–Trinajstić information content (AvgIpc) is 3.71. The second kappa shape index (κ2) is 16.2. The number of halogens is 1. The van der Waals surface area contributed by atoms with Crippen molar-refractivity contribution in [3.05, 3.63) is 99.1 Å². The summed E-state index contributed by atoms with van der Waals surface area (Å²) in [7, 11) is 0. The number of aliphatic hydroxyl groups excluding tert-OH is 1. The van der Waals surface area contributed by atoms with Crippen LogP contribution in [0.2, 0.25) is 0 Å². The summed E-state index contributed by atoms with van der Waals surface area (Å²) < 4.78 is 11.2. The van der Waals surface area contributed by atoms with E-state index >= 15 is 0 Å². The molecule has 1 fully saturated rings. The zero-order valence-corrected chi connectivity index (χ0v) is 26.5. The molecule has 2 aliphatic heterocycles. The fraction of sp³-hybridized carbons (Fsp3) is 0.314. The van der Waals surface area contributed by atoms with Gasteiger partial charge in [-0.2, -0.15) is 0 Å². The summed E-state index contributed by atoms with van der Waals surface area (Å²) in [5.41, 5.74) is 5.19. The van der Waals surface area contributed by atoms with Crippen molar-refractivity contribution in [3.63, 3.8) is 0 Å². The first-order valence-corrected chi connectivity index (χ1v) is 14.9. The molecule has 3 aromatic carbocycles. The number of carbonyl (C=O) groups excluding carboxylic acids is 3. The topological polar surface area (TPSA) is 138 Å². The van der Waals surface area contributed by atoms with Crippen LogP contribution in [-0.2, 0) is 11.3 Å². The van der Waals surface area contributed by atoms with Gasteiger partial charge in [-0.3, -0.25) is 19.4 Å². The van der Waals surface area contributed by atoms with Gasteiger partial charge >= 0.3 is 0 Å². The number of hydrogen-bond donors (Lipinski definition) is 4. The minimum absolute atomic E-state index is 0. The number of rotatable bonds is 12. The molecule has 11 heteroatoms. The van der Waals surface area contributed by atoms with Crippen molar-refractivity contribution in [3.8, 4) is 17.6 Å². The number of hydrogen-bond acceptors (Lipinski definition) is 8. The lowest BCUT2D eigenvalue weighted by molar-refractivity contribution is 0.0701. The maximum atomic E-state index is 13.7. The Morgan fingerprint density at radius 1 is 0.935 bits per heavy atom. The summed E-state index contributed by atoms with van der Waals surface area (Å²) in [6, 6.07) is 14.9. The van der Waals surface area contributed by atoms with Crippen LogP contribution in [0.15, 0.2) is 59.6 Å². The van der Waals surface area contributed by atoms with E-state index in [4.69, 9.17) is 14.6 Å². The Hall–Kier alpha value is -4.53. The van der Waals surface area contributed by atoms with Crippen LogP contribution in [0, 0.1) is 18.8 Å². The van der Waals surface area contributed by atoms with Crippen molar-refractivity contribution in [2.45, 2.75) is 32.5 Å². The lowest BCUT2D eigenvalue weighted by Gasteiger charge is -2.21. The van der Waals surface area contributed by atoms with E-state index in [1.165, 1.54) is 0 Å². The fourth-order valence-electron chi connectivity index (χ4n) is 5.39. The van der Waals surface area contributed by atoms with Gasteiger partial charge in [-0.1, -0.05) is 24.1 Å². The van der Waals surface area contributed by atoms with Crippen LogP contribution >= 0.6 is 12.4 Å². The summed E-state index contributed by atoms with van der Waals surface area (Å²) in [4.78, 5) is 44.1. The van der Waals surface area contributed by atoms with Gasteiger partial charge in [0.1, 0.15) is 12.4 Å². The lowest BCUT2D eigenvalue weighted by atomic mass is 9.94. The first-order valence-electron chi connectivity index (χ1n) is 14.9. The number of ether oxygens (including phenoxy) is 2. The molecule has 0 aromatic heterocycles. The summed E-state index contributed by atoms with van der Waals surface area (Å²) in [5.74, 6) is 5.54. The molecule has 0 aliphatic carbocycles. The number of carbonyl (C=O) groups is 3. The monoisotopic (exact) mass is 644 g/mol. The van der Waals surface area contributed by atoms with E-state index in [0.717, 1.165) is 16.7 Å². The molecule has 4 N–H and O–H groups in total. The molecule has 5 rings (SSSR count). The van der Waals surface area contributed by atoms with Gasteiger partial charge in [-0.15, -0.1) is 18.3 Å². The molecule has 1 saturated heterocycles. The molecular formula is C35H37ClN4O6. The average molecular weight is 645 g/mol. The number of amides is 2. The molecule has 3 aromatic rings. The van der Waals surface area contributed by atoms with E-state index in [1.807, 2.05) is 25.1 Å². The Morgan fingerprint density at radius 3 is 2.30 bits per heavy atom. The molecule has 2 aliphatic rings. The molecule has 2 heterocycles. The van der Waals surface area contributed by atoms with Gasteiger partial charge in [-0.25, -0.2) is 0 Å². The quantitative estimate of drug-likeness (QED) is 0.135. The van der Waals surface area contributed by atoms with Gasteiger partial charge in [0.05, 0.1) is 44.0 Å². The highest BCUT2D eigenvalue weighted by Crippen LogP contribution is 2.28. The van der Waals surface area contributed by atoms with Gasteiger partial charge < -0.3 is 30.5 Å². The van der Waals surface area contributed by atoms with Crippen molar-refractivity contribution >= 4 is 36.2 Å². The standard InChI is InChI=1S/C35H36N4O6.ClH/c1-3-4-23-11-12-31(45-16-15-44-14-13-40)32(22(23)2)33(41)24-5-7-25(8-6-24)34(42)38-29-20-37-21-30(29)39-35(43)26-9-10-27-18-36-19-28(27)17-26;/h5-12,17-18,29-30,37,40H,13-16,19-21H2,1-2H3,(H,38,42)(H,39,43);1H/t29-,30-;/m1./s1. The Kier molecular flexibility index (Phi) is 12.1. The Labute approximate surface area is 274 Å². The van der Waals surface area contributed by atoms with Crippen LogP contribution in [0.25, 0.3) is 0 Å². The number of aliphatic hydroxyl groups is 1. The minimum Gasteiger partial charge on any atom is -0.490 e. The summed E-state index contributed by atoms with van der Waals surface area (Å²) in [6.07, 6.45) is 1.80. The van der Waals surface area contributed by atoms with E-state index in [-0.39, 0.29) is 68.5 Å². The second-order valence-electron chi connectivity index (χ2n) is 10.8. The third-order valence-electron chi connectivity index (χ3n) is 7.79.